The van der Waals surface area contributed by atoms with Crippen molar-refractivity contribution < 1.29 is 4.79 Å². The molecule has 8 heteroatoms. The fourth-order valence-electron chi connectivity index (χ4n) is 3.71. The Labute approximate surface area is 176 Å². The first kappa shape index (κ1) is 19.9. The van der Waals surface area contributed by atoms with Gasteiger partial charge in [-0.3, -0.25) is 0 Å². The van der Waals surface area contributed by atoms with E-state index in [-0.39, 0.29) is 6.03 Å². The number of carbonyl (C=O) groups excluding carboxylic acids is 1. The molecule has 156 valence electrons. The summed E-state index contributed by atoms with van der Waals surface area (Å²) in [5.74, 6) is 0.708. The number of aromatic nitrogens is 4. The molecule has 1 aliphatic heterocycles. The summed E-state index contributed by atoms with van der Waals surface area (Å²) in [5, 5.41) is 15.4. The Balaban J connectivity index is 1.42. The van der Waals surface area contributed by atoms with Crippen LogP contribution in [0.2, 0.25) is 0 Å². The fraction of sp³-hybridized carbons (Fsp3) is 0.364. The number of hydrogen-bond acceptors (Lipinski definition) is 5. The van der Waals surface area contributed by atoms with E-state index in [1.54, 1.807) is 4.68 Å². The van der Waals surface area contributed by atoms with Gasteiger partial charge in [-0.25, -0.2) is 4.79 Å². The number of nitrogens with one attached hydrogen (secondary N) is 1. The number of rotatable bonds is 5. The summed E-state index contributed by atoms with van der Waals surface area (Å²) in [6, 6.07) is 16.1. The number of piperazine rings is 1. The molecule has 0 aliphatic carbocycles. The van der Waals surface area contributed by atoms with Crippen LogP contribution in [0.3, 0.4) is 0 Å². The molecule has 1 fully saturated rings. The number of carbonyl (C=O) groups is 1. The molecule has 0 radical (unpaired) electrons. The number of amides is 2. The van der Waals surface area contributed by atoms with Crippen LogP contribution in [-0.2, 0) is 12.8 Å². The van der Waals surface area contributed by atoms with Gasteiger partial charge >= 0.3 is 6.03 Å². The highest BCUT2D eigenvalue weighted by molar-refractivity contribution is 5.90. The van der Waals surface area contributed by atoms with Crippen molar-refractivity contribution in [3.05, 3.63) is 59.7 Å². The van der Waals surface area contributed by atoms with Crippen molar-refractivity contribution in [2.24, 2.45) is 0 Å². The average Bonchev–Trinajstić information content (AvgIpc) is 3.29. The second-order valence-electron chi connectivity index (χ2n) is 7.33. The predicted octanol–water partition coefficient (Wildman–Crippen LogP) is 3.14. The van der Waals surface area contributed by atoms with Crippen molar-refractivity contribution in [2.75, 3.05) is 36.4 Å². The van der Waals surface area contributed by atoms with E-state index in [0.29, 0.717) is 32.1 Å². The Morgan fingerprint density at radius 1 is 1.00 bits per heavy atom. The lowest BCUT2D eigenvalue weighted by atomic mass is 10.1. The van der Waals surface area contributed by atoms with E-state index in [9.17, 15) is 4.79 Å². The van der Waals surface area contributed by atoms with Gasteiger partial charge < -0.3 is 15.1 Å². The van der Waals surface area contributed by atoms with E-state index in [0.717, 1.165) is 29.8 Å². The highest BCUT2D eigenvalue weighted by atomic mass is 16.2. The Morgan fingerprint density at radius 2 is 1.80 bits per heavy atom. The lowest BCUT2D eigenvalue weighted by Crippen LogP contribution is -2.50. The van der Waals surface area contributed by atoms with Crippen LogP contribution in [0.4, 0.5) is 16.4 Å². The van der Waals surface area contributed by atoms with Gasteiger partial charge in [0.1, 0.15) is 0 Å². The zero-order valence-electron chi connectivity index (χ0n) is 17.5. The molecule has 2 aromatic carbocycles. The van der Waals surface area contributed by atoms with Gasteiger partial charge in [0.05, 0.1) is 5.69 Å². The third kappa shape index (κ3) is 4.12. The summed E-state index contributed by atoms with van der Waals surface area (Å²) in [7, 11) is 0. The Bertz CT molecular complexity index is 1010. The second-order valence-corrected chi connectivity index (χ2v) is 7.33. The van der Waals surface area contributed by atoms with Crippen LogP contribution in [0.5, 0.6) is 0 Å². The van der Waals surface area contributed by atoms with Gasteiger partial charge in [0.25, 0.3) is 0 Å². The first-order valence-electron chi connectivity index (χ1n) is 10.5. The summed E-state index contributed by atoms with van der Waals surface area (Å²) < 4.78 is 1.77. The van der Waals surface area contributed by atoms with E-state index in [4.69, 9.17) is 0 Å². The summed E-state index contributed by atoms with van der Waals surface area (Å²) in [6.45, 7) is 6.80. The van der Waals surface area contributed by atoms with Crippen molar-refractivity contribution in [1.29, 1.82) is 0 Å². The van der Waals surface area contributed by atoms with Crippen LogP contribution in [0.1, 0.15) is 25.0 Å². The molecule has 8 nitrogen and oxygen atoms in total. The molecule has 1 N–H and O–H groups in total. The number of hydrogen-bond donors (Lipinski definition) is 1. The second kappa shape index (κ2) is 8.94. The van der Waals surface area contributed by atoms with E-state index in [1.165, 1.54) is 5.56 Å². The first-order valence-corrected chi connectivity index (χ1v) is 10.5. The minimum absolute atomic E-state index is 0.0641. The maximum atomic E-state index is 12.7. The van der Waals surface area contributed by atoms with Crippen LogP contribution in [0.15, 0.2) is 48.5 Å². The summed E-state index contributed by atoms with van der Waals surface area (Å²) in [5.41, 5.74) is 4.21. The third-order valence-corrected chi connectivity index (χ3v) is 5.51. The van der Waals surface area contributed by atoms with Gasteiger partial charge in [0.15, 0.2) is 0 Å². The monoisotopic (exact) mass is 405 g/mol. The number of para-hydroxylation sites is 1. The van der Waals surface area contributed by atoms with Crippen LogP contribution >= 0.6 is 0 Å². The van der Waals surface area contributed by atoms with Crippen LogP contribution in [0, 0.1) is 0 Å². The van der Waals surface area contributed by atoms with E-state index in [1.807, 2.05) is 41.3 Å². The Morgan fingerprint density at radius 3 is 2.57 bits per heavy atom. The third-order valence-electron chi connectivity index (χ3n) is 5.51. The molecule has 1 saturated heterocycles. The van der Waals surface area contributed by atoms with Crippen LogP contribution < -0.4 is 10.2 Å². The highest BCUT2D eigenvalue weighted by Gasteiger charge is 2.25. The lowest BCUT2D eigenvalue weighted by Gasteiger charge is -2.34. The van der Waals surface area contributed by atoms with Crippen molar-refractivity contribution in [2.45, 2.75) is 26.7 Å². The highest BCUT2D eigenvalue weighted by Crippen LogP contribution is 2.20. The van der Waals surface area contributed by atoms with E-state index < -0.39 is 0 Å². The number of aryl methyl sites for hydroxylation is 2. The number of nitrogens with zero attached hydrogens (tertiary/aromatic N) is 6. The number of benzene rings is 2. The van der Waals surface area contributed by atoms with E-state index >= 15 is 0 Å². The van der Waals surface area contributed by atoms with Crippen molar-refractivity contribution in [1.82, 2.24) is 25.1 Å². The largest absolute Gasteiger partial charge is 0.336 e. The smallest absolute Gasteiger partial charge is 0.321 e. The molecule has 0 bridgehead atoms. The van der Waals surface area contributed by atoms with Crippen molar-refractivity contribution in [3.8, 4) is 5.69 Å². The topological polar surface area (TPSA) is 79.2 Å². The van der Waals surface area contributed by atoms with Crippen molar-refractivity contribution >= 4 is 17.7 Å². The number of anilines is 2. The zero-order valence-corrected chi connectivity index (χ0v) is 17.5. The van der Waals surface area contributed by atoms with Gasteiger partial charge in [-0.15, -0.1) is 0 Å². The van der Waals surface area contributed by atoms with Gasteiger partial charge in [0, 0.05) is 31.9 Å². The molecular formula is C22H27N7O. The number of tetrazole rings is 1. The number of urea groups is 1. The molecule has 3 aromatic rings. The Kier molecular flexibility index (Phi) is 5.92. The summed E-state index contributed by atoms with van der Waals surface area (Å²) >= 11 is 0. The molecule has 0 saturated carbocycles. The normalized spacial score (nSPS) is 14.1. The SMILES string of the molecule is CCc1cccc(-n2nnnc2N2CCN(C(=O)Nc3ccccc3CC)CC2)c1. The van der Waals surface area contributed by atoms with Gasteiger partial charge in [-0.2, -0.15) is 4.68 Å². The van der Waals surface area contributed by atoms with Gasteiger partial charge in [-0.05, 0) is 52.6 Å². The molecule has 1 aliphatic rings. The lowest BCUT2D eigenvalue weighted by molar-refractivity contribution is 0.208. The molecule has 0 spiro atoms. The maximum Gasteiger partial charge on any atom is 0.321 e. The standard InChI is InChI=1S/C22H27N7O/c1-3-17-8-7-10-19(16-17)29-21(24-25-26-29)27-12-14-28(15-13-27)22(30)23-20-11-6-5-9-18(20)4-2/h5-11,16H,3-4,12-15H2,1-2H3,(H,23,30). The molecular weight excluding hydrogens is 378 g/mol. The summed E-state index contributed by atoms with van der Waals surface area (Å²) in [6.07, 6.45) is 1.84. The first-order chi connectivity index (χ1) is 14.7. The fourth-order valence-corrected chi connectivity index (χ4v) is 3.71. The maximum absolute atomic E-state index is 12.7. The van der Waals surface area contributed by atoms with Crippen LogP contribution in [0.25, 0.3) is 5.69 Å². The van der Waals surface area contributed by atoms with Crippen LogP contribution in [-0.4, -0.2) is 57.3 Å². The molecule has 30 heavy (non-hydrogen) atoms. The van der Waals surface area contributed by atoms with E-state index in [2.05, 4.69) is 51.7 Å². The molecule has 0 atom stereocenters. The zero-order chi connectivity index (χ0) is 20.9. The minimum Gasteiger partial charge on any atom is -0.336 e. The molecule has 2 heterocycles. The molecule has 1 aromatic heterocycles. The molecule has 4 rings (SSSR count). The molecule has 2 amide bonds. The average molecular weight is 406 g/mol. The predicted molar refractivity (Wildman–Crippen MR) is 117 cm³/mol. The van der Waals surface area contributed by atoms with Gasteiger partial charge in [-0.1, -0.05) is 49.3 Å². The minimum atomic E-state index is -0.0641. The van der Waals surface area contributed by atoms with Crippen molar-refractivity contribution in [3.63, 3.8) is 0 Å². The molecule has 0 unspecified atom stereocenters. The quantitative estimate of drug-likeness (QED) is 0.705. The van der Waals surface area contributed by atoms with Gasteiger partial charge in [0.2, 0.25) is 5.95 Å². The summed E-state index contributed by atoms with van der Waals surface area (Å²) in [4.78, 5) is 16.7. The Hall–Kier alpha value is -3.42.